The normalized spacial score (nSPS) is 48.8. The van der Waals surface area contributed by atoms with Gasteiger partial charge in [-0.05, 0) is 20.9 Å². The van der Waals surface area contributed by atoms with Crippen LogP contribution in [-0.2, 0) is 0 Å². The van der Waals surface area contributed by atoms with Gasteiger partial charge in [-0.25, -0.2) is 0 Å². The van der Waals surface area contributed by atoms with Gasteiger partial charge in [-0.1, -0.05) is 0 Å². The Morgan fingerprint density at radius 1 is 1.75 bits per heavy atom. The minimum absolute atomic E-state index is 0.336. The maximum Gasteiger partial charge on any atom is 0.0897 e. The van der Waals surface area contributed by atoms with Crippen molar-refractivity contribution >= 4 is 0 Å². The van der Waals surface area contributed by atoms with E-state index >= 15 is 0 Å². The molecule has 0 aliphatic carbocycles. The highest BCUT2D eigenvalue weighted by atomic mass is 16.3. The first-order valence-corrected chi connectivity index (χ1v) is 2.96. The SMILES string of the molecule is C[C@H]1N(C)C[C@@]1(C)O. The quantitative estimate of drug-likeness (QED) is 0.483. The summed E-state index contributed by atoms with van der Waals surface area (Å²) < 4.78 is 0. The highest BCUT2D eigenvalue weighted by Gasteiger charge is 2.42. The molecular weight excluding hydrogens is 102 g/mol. The lowest BCUT2D eigenvalue weighted by Gasteiger charge is -2.49. The molecule has 2 atom stereocenters. The maximum absolute atomic E-state index is 9.31. The second-order valence-electron chi connectivity index (χ2n) is 2.95. The van der Waals surface area contributed by atoms with E-state index in [1.807, 2.05) is 20.9 Å². The third-order valence-electron chi connectivity index (χ3n) is 2.13. The molecule has 0 saturated carbocycles. The van der Waals surface area contributed by atoms with Crippen molar-refractivity contribution < 1.29 is 5.11 Å². The Labute approximate surface area is 50.1 Å². The van der Waals surface area contributed by atoms with E-state index < -0.39 is 5.60 Å². The second-order valence-corrected chi connectivity index (χ2v) is 2.95. The summed E-state index contributed by atoms with van der Waals surface area (Å²) in [5.41, 5.74) is -0.422. The molecule has 0 spiro atoms. The average molecular weight is 115 g/mol. The van der Waals surface area contributed by atoms with E-state index in [4.69, 9.17) is 0 Å². The molecule has 1 rings (SSSR count). The zero-order valence-corrected chi connectivity index (χ0v) is 5.68. The largest absolute Gasteiger partial charge is 0.387 e. The Balaban J connectivity index is 2.47. The van der Waals surface area contributed by atoms with Crippen molar-refractivity contribution in [1.82, 2.24) is 4.90 Å². The predicted octanol–water partition coefficient (Wildman–Crippen LogP) is 0.0713. The number of aliphatic hydroxyl groups is 1. The summed E-state index contributed by atoms with van der Waals surface area (Å²) in [6.45, 7) is 4.72. The van der Waals surface area contributed by atoms with Crippen LogP contribution in [0, 0.1) is 0 Å². The van der Waals surface area contributed by atoms with E-state index in [0.717, 1.165) is 6.54 Å². The fourth-order valence-electron chi connectivity index (χ4n) is 1.14. The van der Waals surface area contributed by atoms with Crippen molar-refractivity contribution in [2.45, 2.75) is 25.5 Å². The summed E-state index contributed by atoms with van der Waals surface area (Å²) in [4.78, 5) is 2.12. The van der Waals surface area contributed by atoms with Gasteiger partial charge in [-0.3, -0.25) is 4.90 Å². The number of nitrogens with zero attached hydrogens (tertiary/aromatic N) is 1. The van der Waals surface area contributed by atoms with E-state index in [2.05, 4.69) is 4.90 Å². The summed E-state index contributed by atoms with van der Waals surface area (Å²) >= 11 is 0. The van der Waals surface area contributed by atoms with Gasteiger partial charge in [0.05, 0.1) is 5.60 Å². The highest BCUT2D eigenvalue weighted by Crippen LogP contribution is 2.25. The Kier molecular flexibility index (Phi) is 1.10. The van der Waals surface area contributed by atoms with Crippen molar-refractivity contribution in [3.63, 3.8) is 0 Å². The second kappa shape index (κ2) is 1.45. The van der Waals surface area contributed by atoms with Crippen LogP contribution in [0.4, 0.5) is 0 Å². The van der Waals surface area contributed by atoms with Crippen LogP contribution in [0.15, 0.2) is 0 Å². The van der Waals surface area contributed by atoms with E-state index in [-0.39, 0.29) is 0 Å². The first kappa shape index (κ1) is 6.05. The molecule has 1 fully saturated rings. The van der Waals surface area contributed by atoms with Crippen LogP contribution in [0.5, 0.6) is 0 Å². The Morgan fingerprint density at radius 3 is 2.25 bits per heavy atom. The van der Waals surface area contributed by atoms with Gasteiger partial charge in [0.15, 0.2) is 0 Å². The lowest BCUT2D eigenvalue weighted by molar-refractivity contribution is -0.119. The van der Waals surface area contributed by atoms with E-state index in [0.29, 0.717) is 6.04 Å². The molecule has 0 radical (unpaired) electrons. The smallest absolute Gasteiger partial charge is 0.0897 e. The molecule has 1 aliphatic heterocycles. The van der Waals surface area contributed by atoms with Gasteiger partial charge in [-0.2, -0.15) is 0 Å². The maximum atomic E-state index is 9.31. The summed E-state index contributed by atoms with van der Waals surface area (Å²) in [6.07, 6.45) is 0. The van der Waals surface area contributed by atoms with Crippen LogP contribution in [0.25, 0.3) is 0 Å². The van der Waals surface area contributed by atoms with Crippen LogP contribution in [0.2, 0.25) is 0 Å². The molecule has 2 nitrogen and oxygen atoms in total. The molecule has 1 aliphatic rings. The molecule has 0 unspecified atom stereocenters. The van der Waals surface area contributed by atoms with Gasteiger partial charge in [0.1, 0.15) is 0 Å². The van der Waals surface area contributed by atoms with Crippen molar-refractivity contribution in [2.24, 2.45) is 0 Å². The van der Waals surface area contributed by atoms with Gasteiger partial charge in [-0.15, -0.1) is 0 Å². The van der Waals surface area contributed by atoms with E-state index in [9.17, 15) is 5.11 Å². The topological polar surface area (TPSA) is 23.5 Å². The minimum Gasteiger partial charge on any atom is -0.387 e. The Hall–Kier alpha value is -0.0800. The number of likely N-dealkylation sites (tertiary alicyclic amines) is 1. The molecule has 0 aromatic heterocycles. The standard InChI is InChI=1S/C6H13NO/c1-5-6(2,8)4-7(5)3/h5,8H,4H2,1-3H3/t5-,6-/m1/s1. The fourth-order valence-corrected chi connectivity index (χ4v) is 1.14. The molecule has 1 heterocycles. The monoisotopic (exact) mass is 115 g/mol. The fraction of sp³-hybridized carbons (Fsp3) is 1.00. The van der Waals surface area contributed by atoms with Gasteiger partial charge in [0, 0.05) is 12.6 Å². The molecular formula is C6H13NO. The number of rotatable bonds is 0. The summed E-state index contributed by atoms with van der Waals surface area (Å²) in [6, 6.07) is 0.336. The first-order chi connectivity index (χ1) is 3.54. The Bertz CT molecular complexity index is 101. The van der Waals surface area contributed by atoms with E-state index in [1.165, 1.54) is 0 Å². The number of hydrogen-bond donors (Lipinski definition) is 1. The molecule has 48 valence electrons. The van der Waals surface area contributed by atoms with E-state index in [1.54, 1.807) is 0 Å². The van der Waals surface area contributed by atoms with Gasteiger partial charge < -0.3 is 5.11 Å². The van der Waals surface area contributed by atoms with Crippen LogP contribution < -0.4 is 0 Å². The lowest BCUT2D eigenvalue weighted by Crippen LogP contribution is -2.64. The third-order valence-corrected chi connectivity index (χ3v) is 2.13. The number of β-amino-alcohol motifs (C(OH)–C–C–N with tert-alkyl or cyclic N) is 1. The van der Waals surface area contributed by atoms with Gasteiger partial charge in [0.2, 0.25) is 0 Å². The van der Waals surface area contributed by atoms with Crippen LogP contribution in [0.1, 0.15) is 13.8 Å². The molecule has 0 amide bonds. The van der Waals surface area contributed by atoms with Crippen LogP contribution >= 0.6 is 0 Å². The highest BCUT2D eigenvalue weighted by molar-refractivity contribution is 4.97. The van der Waals surface area contributed by atoms with Crippen molar-refractivity contribution in [2.75, 3.05) is 13.6 Å². The zero-order chi connectivity index (χ0) is 6.36. The van der Waals surface area contributed by atoms with Crippen molar-refractivity contribution in [3.8, 4) is 0 Å². The molecule has 1 N–H and O–H groups in total. The average Bonchev–Trinajstić information content (AvgIpc) is 1.65. The van der Waals surface area contributed by atoms with Crippen molar-refractivity contribution in [1.29, 1.82) is 0 Å². The summed E-state index contributed by atoms with van der Waals surface area (Å²) in [5, 5.41) is 9.31. The number of hydrogen-bond acceptors (Lipinski definition) is 2. The molecule has 0 bridgehead atoms. The zero-order valence-electron chi connectivity index (χ0n) is 5.68. The number of likely N-dealkylation sites (N-methyl/N-ethyl adjacent to an activating group) is 1. The summed E-state index contributed by atoms with van der Waals surface area (Å²) in [5.74, 6) is 0. The first-order valence-electron chi connectivity index (χ1n) is 2.96. The lowest BCUT2D eigenvalue weighted by atomic mass is 9.88. The molecule has 8 heavy (non-hydrogen) atoms. The minimum atomic E-state index is -0.422. The molecule has 0 aromatic carbocycles. The van der Waals surface area contributed by atoms with Crippen LogP contribution in [0.3, 0.4) is 0 Å². The molecule has 0 aromatic rings. The van der Waals surface area contributed by atoms with Crippen molar-refractivity contribution in [3.05, 3.63) is 0 Å². The van der Waals surface area contributed by atoms with Gasteiger partial charge in [0.25, 0.3) is 0 Å². The predicted molar refractivity (Wildman–Crippen MR) is 32.7 cm³/mol. The van der Waals surface area contributed by atoms with Gasteiger partial charge >= 0.3 is 0 Å². The molecule has 1 saturated heterocycles. The Morgan fingerprint density at radius 2 is 2.25 bits per heavy atom. The molecule has 2 heteroatoms. The van der Waals surface area contributed by atoms with Crippen LogP contribution in [-0.4, -0.2) is 35.2 Å². The third kappa shape index (κ3) is 0.644. The summed E-state index contributed by atoms with van der Waals surface area (Å²) in [7, 11) is 2.02.